The number of ether oxygens (including phenoxy) is 2. The highest BCUT2D eigenvalue weighted by Crippen LogP contribution is 2.33. The second kappa shape index (κ2) is 13.2. The molecule has 10 nitrogen and oxygen atoms in total. The summed E-state index contributed by atoms with van der Waals surface area (Å²) < 4.78 is 10.3. The van der Waals surface area contributed by atoms with E-state index in [0.29, 0.717) is 11.3 Å². The molecule has 1 aromatic carbocycles. The van der Waals surface area contributed by atoms with E-state index in [0.717, 1.165) is 5.56 Å². The first-order valence-electron chi connectivity index (χ1n) is 13.3. The van der Waals surface area contributed by atoms with E-state index in [-0.39, 0.29) is 12.5 Å². The summed E-state index contributed by atoms with van der Waals surface area (Å²) in [6.07, 6.45) is 0.914. The van der Waals surface area contributed by atoms with Gasteiger partial charge in [0.05, 0.1) is 7.11 Å². The van der Waals surface area contributed by atoms with Crippen molar-refractivity contribution in [3.05, 3.63) is 41.5 Å². The molecule has 2 unspecified atom stereocenters. The Kier molecular flexibility index (Phi) is 11.4. The lowest BCUT2D eigenvalue weighted by molar-refractivity contribution is -0.140. The highest BCUT2D eigenvalue weighted by atomic mass is 16.6. The summed E-state index contributed by atoms with van der Waals surface area (Å²) in [5, 5.41) is 2.93. The zero-order chi connectivity index (χ0) is 31.2. The summed E-state index contributed by atoms with van der Waals surface area (Å²) in [4.78, 5) is 55.3. The minimum Gasteiger partial charge on any atom is -0.466 e. The van der Waals surface area contributed by atoms with Crippen molar-refractivity contribution in [3.63, 3.8) is 0 Å². The topological polar surface area (TPSA) is 131 Å². The number of rotatable bonds is 9. The maximum absolute atomic E-state index is 14.1. The lowest BCUT2D eigenvalue weighted by Gasteiger charge is -2.42. The van der Waals surface area contributed by atoms with E-state index >= 15 is 0 Å². The number of hydrogen-bond donors (Lipinski definition) is 2. The van der Waals surface area contributed by atoms with Crippen molar-refractivity contribution in [1.29, 1.82) is 0 Å². The van der Waals surface area contributed by atoms with Crippen LogP contribution in [0, 0.1) is 5.41 Å². The monoisotopic (exact) mass is 560 g/mol. The Hall–Kier alpha value is -3.56. The van der Waals surface area contributed by atoms with Gasteiger partial charge in [-0.1, -0.05) is 52.8 Å². The molecular weight excluding hydrogens is 512 g/mol. The molecule has 1 aromatic rings. The van der Waals surface area contributed by atoms with E-state index in [9.17, 15) is 19.2 Å². The Balaban J connectivity index is 3.49. The van der Waals surface area contributed by atoms with E-state index in [1.165, 1.54) is 24.0 Å². The normalized spacial score (nSPS) is 14.1. The molecule has 0 aliphatic heterocycles. The Morgan fingerprint density at radius 2 is 1.60 bits per heavy atom. The number of carbonyl (C=O) groups excluding carboxylic acids is 4. The smallest absolute Gasteiger partial charge is 0.410 e. The number of amides is 3. The molecule has 0 aliphatic carbocycles. The van der Waals surface area contributed by atoms with Gasteiger partial charge < -0.3 is 25.4 Å². The van der Waals surface area contributed by atoms with Gasteiger partial charge >= 0.3 is 12.1 Å². The first kappa shape index (κ1) is 34.5. The van der Waals surface area contributed by atoms with E-state index in [1.807, 2.05) is 40.7 Å². The van der Waals surface area contributed by atoms with E-state index < -0.39 is 46.5 Å². The van der Waals surface area contributed by atoms with Gasteiger partial charge in [-0.25, -0.2) is 9.59 Å². The first-order chi connectivity index (χ1) is 18.1. The second-order valence-corrected chi connectivity index (χ2v) is 12.7. The van der Waals surface area contributed by atoms with Crippen LogP contribution < -0.4 is 11.1 Å². The fourth-order valence-corrected chi connectivity index (χ4v) is 4.22. The molecule has 0 bridgehead atoms. The third-order valence-electron chi connectivity index (χ3n) is 6.59. The van der Waals surface area contributed by atoms with Crippen LogP contribution in [0.4, 0.5) is 10.5 Å². The summed E-state index contributed by atoms with van der Waals surface area (Å²) in [6.45, 7) is 16.2. The lowest BCUT2D eigenvalue weighted by atomic mass is 9.76. The second-order valence-electron chi connectivity index (χ2n) is 12.7. The summed E-state index contributed by atoms with van der Waals surface area (Å²) in [5.74, 6) is -1.36. The molecule has 3 amide bonds. The number of nitrogens with one attached hydrogen (secondary N) is 1. The molecule has 40 heavy (non-hydrogen) atoms. The molecule has 10 heteroatoms. The van der Waals surface area contributed by atoms with Crippen LogP contribution in [0.1, 0.15) is 67.9 Å². The van der Waals surface area contributed by atoms with Crippen LogP contribution in [-0.4, -0.2) is 79.1 Å². The van der Waals surface area contributed by atoms with Crippen molar-refractivity contribution in [2.75, 3.05) is 33.5 Å². The van der Waals surface area contributed by atoms with Crippen LogP contribution in [0.3, 0.4) is 0 Å². The van der Waals surface area contributed by atoms with Gasteiger partial charge in [-0.2, -0.15) is 0 Å². The highest BCUT2D eigenvalue weighted by molar-refractivity contribution is 5.93. The van der Waals surface area contributed by atoms with Gasteiger partial charge in [0, 0.05) is 37.3 Å². The van der Waals surface area contributed by atoms with E-state index in [1.54, 1.807) is 59.0 Å². The number of hydrogen-bond acceptors (Lipinski definition) is 7. The molecule has 0 saturated heterocycles. The number of benzene rings is 1. The van der Waals surface area contributed by atoms with Gasteiger partial charge in [0.25, 0.3) is 0 Å². The van der Waals surface area contributed by atoms with Crippen molar-refractivity contribution >= 4 is 29.6 Å². The van der Waals surface area contributed by atoms with Crippen molar-refractivity contribution in [2.45, 2.75) is 85.4 Å². The fraction of sp³-hybridized carbons (Fsp3) is 0.600. The number of nitrogen functional groups attached to an aromatic ring is 1. The standard InChI is InChI=1S/C30H48N4O6/c1-19(26(37)39-12)16-17-33(10)25(36)22(28(2,3)4)32-24(35)23(34(11)27(38)40-29(5,6)7)30(8,9)20-14-13-15-21(31)18-20/h13-16,18,22-23H,17,31H2,1-12H3,(H,32,35)/b19-16+. The van der Waals surface area contributed by atoms with Crippen LogP contribution in [0.2, 0.25) is 0 Å². The number of methoxy groups -OCH3 is 1. The van der Waals surface area contributed by atoms with Crippen LogP contribution >= 0.6 is 0 Å². The Morgan fingerprint density at radius 3 is 2.08 bits per heavy atom. The lowest BCUT2D eigenvalue weighted by Crippen LogP contribution is -2.62. The van der Waals surface area contributed by atoms with E-state index in [2.05, 4.69) is 5.32 Å². The average molecular weight is 561 g/mol. The molecule has 0 aromatic heterocycles. The van der Waals surface area contributed by atoms with Crippen molar-refractivity contribution in [2.24, 2.45) is 5.41 Å². The summed E-state index contributed by atoms with van der Waals surface area (Å²) in [7, 11) is 4.39. The van der Waals surface area contributed by atoms with Gasteiger partial charge in [0.1, 0.15) is 17.7 Å². The Labute approximate surface area is 239 Å². The largest absolute Gasteiger partial charge is 0.466 e. The minimum absolute atomic E-state index is 0.137. The molecule has 224 valence electrons. The third kappa shape index (κ3) is 9.27. The Bertz CT molecular complexity index is 1110. The van der Waals surface area contributed by atoms with Gasteiger partial charge in [-0.05, 0) is 50.8 Å². The molecule has 0 spiro atoms. The molecule has 3 N–H and O–H groups in total. The SMILES string of the molecule is COC(=O)/C(C)=C/CN(C)C(=O)C(NC(=O)C(N(C)C(=O)OC(C)(C)C)C(C)(C)c1cccc(N)c1)C(C)(C)C. The number of anilines is 1. The van der Waals surface area contributed by atoms with Gasteiger partial charge in [0.2, 0.25) is 11.8 Å². The van der Waals surface area contributed by atoms with Crippen LogP contribution in [0.15, 0.2) is 35.9 Å². The number of carbonyl (C=O) groups is 4. The fourth-order valence-electron chi connectivity index (χ4n) is 4.22. The van der Waals surface area contributed by atoms with Crippen LogP contribution in [0.5, 0.6) is 0 Å². The summed E-state index contributed by atoms with van der Waals surface area (Å²) in [6, 6.07) is 5.13. The first-order valence-corrected chi connectivity index (χ1v) is 13.3. The number of likely N-dealkylation sites (N-methyl/N-ethyl adjacent to an activating group) is 2. The number of nitrogens with two attached hydrogens (primary N) is 1. The molecule has 0 fully saturated rings. The van der Waals surface area contributed by atoms with Gasteiger partial charge in [-0.15, -0.1) is 0 Å². The number of esters is 1. The van der Waals surface area contributed by atoms with Crippen molar-refractivity contribution < 1.29 is 28.7 Å². The van der Waals surface area contributed by atoms with Crippen LogP contribution in [0.25, 0.3) is 0 Å². The maximum atomic E-state index is 14.1. The molecule has 1 rings (SSSR count). The molecular formula is C30H48N4O6. The van der Waals surface area contributed by atoms with Gasteiger partial charge in [-0.3, -0.25) is 14.5 Å². The molecule has 0 radical (unpaired) electrons. The maximum Gasteiger partial charge on any atom is 0.410 e. The molecule has 0 aliphatic rings. The molecule has 0 saturated carbocycles. The summed E-state index contributed by atoms with van der Waals surface area (Å²) >= 11 is 0. The van der Waals surface area contributed by atoms with Crippen molar-refractivity contribution in [3.8, 4) is 0 Å². The zero-order valence-corrected chi connectivity index (χ0v) is 26.2. The van der Waals surface area contributed by atoms with Crippen LogP contribution in [-0.2, 0) is 29.3 Å². The Morgan fingerprint density at radius 1 is 1.02 bits per heavy atom. The zero-order valence-electron chi connectivity index (χ0n) is 26.2. The molecule has 0 heterocycles. The number of nitrogens with zero attached hydrogens (tertiary/aromatic N) is 2. The predicted octanol–water partition coefficient (Wildman–Crippen LogP) is 3.89. The minimum atomic E-state index is -1.06. The van der Waals surface area contributed by atoms with Crippen molar-refractivity contribution in [1.82, 2.24) is 15.1 Å². The highest BCUT2D eigenvalue weighted by Gasteiger charge is 2.45. The molecule has 2 atom stereocenters. The summed E-state index contributed by atoms with van der Waals surface area (Å²) in [5.41, 5.74) is 5.28. The predicted molar refractivity (Wildman–Crippen MR) is 156 cm³/mol. The third-order valence-corrected chi connectivity index (χ3v) is 6.59. The quantitative estimate of drug-likeness (QED) is 0.266. The van der Waals surface area contributed by atoms with E-state index in [4.69, 9.17) is 15.2 Å². The average Bonchev–Trinajstić information content (AvgIpc) is 2.82. The van der Waals surface area contributed by atoms with Gasteiger partial charge in [0.15, 0.2) is 0 Å².